The number of nitrogens with zero attached hydrogens (tertiary/aromatic N) is 1. The first kappa shape index (κ1) is 14.9. The largest absolute Gasteiger partial charge is 0.465 e. The van der Waals surface area contributed by atoms with Crippen LogP contribution in [0.25, 0.3) is 0 Å². The van der Waals surface area contributed by atoms with Crippen molar-refractivity contribution in [2.24, 2.45) is 0 Å². The molecule has 0 saturated carbocycles. The highest BCUT2D eigenvalue weighted by molar-refractivity contribution is 7.80. The first-order chi connectivity index (χ1) is 10.2. The summed E-state index contributed by atoms with van der Waals surface area (Å²) in [6.45, 7) is 0.563. The lowest BCUT2D eigenvalue weighted by atomic mass is 10.1. The third-order valence-corrected chi connectivity index (χ3v) is 2.99. The van der Waals surface area contributed by atoms with Crippen LogP contribution in [0.15, 0.2) is 48.8 Å². The summed E-state index contributed by atoms with van der Waals surface area (Å²) in [7, 11) is 1.36. The van der Waals surface area contributed by atoms with E-state index in [4.69, 9.17) is 12.2 Å². The monoisotopic (exact) mass is 301 g/mol. The Morgan fingerprint density at radius 2 is 2.05 bits per heavy atom. The number of methoxy groups -OCH3 is 1. The zero-order valence-electron chi connectivity index (χ0n) is 11.5. The second kappa shape index (κ2) is 7.35. The summed E-state index contributed by atoms with van der Waals surface area (Å²) in [4.78, 5) is 15.3. The van der Waals surface area contributed by atoms with Gasteiger partial charge in [0.15, 0.2) is 5.11 Å². The fourth-order valence-corrected chi connectivity index (χ4v) is 1.86. The lowest BCUT2D eigenvalue weighted by Crippen LogP contribution is -2.27. The van der Waals surface area contributed by atoms with E-state index in [1.165, 1.54) is 7.11 Å². The Morgan fingerprint density at radius 1 is 1.29 bits per heavy atom. The standard InChI is InChI=1S/C15H15N3O2S/c1-20-14(19)12-6-4-11(5-7-12)9-17-15(21)18-13-3-2-8-16-10-13/h2-8,10H,9H2,1H3,(H2,17,18,21). The Labute approximate surface area is 128 Å². The molecule has 0 amide bonds. The van der Waals surface area contributed by atoms with Crippen molar-refractivity contribution in [3.8, 4) is 0 Å². The van der Waals surface area contributed by atoms with Crippen LogP contribution in [0.2, 0.25) is 0 Å². The van der Waals surface area contributed by atoms with Crippen molar-refractivity contribution >= 4 is 29.0 Å². The van der Waals surface area contributed by atoms with Crippen molar-refractivity contribution in [2.45, 2.75) is 6.54 Å². The molecule has 0 saturated heterocycles. The molecule has 0 radical (unpaired) electrons. The molecule has 6 heteroatoms. The van der Waals surface area contributed by atoms with Gasteiger partial charge in [-0.25, -0.2) is 4.79 Å². The van der Waals surface area contributed by atoms with Crippen LogP contribution in [0, 0.1) is 0 Å². The first-order valence-electron chi connectivity index (χ1n) is 6.31. The number of nitrogens with one attached hydrogen (secondary N) is 2. The fraction of sp³-hybridized carbons (Fsp3) is 0.133. The number of ether oxygens (including phenoxy) is 1. The number of thiocarbonyl (C=S) groups is 1. The highest BCUT2D eigenvalue weighted by atomic mass is 32.1. The van der Waals surface area contributed by atoms with Gasteiger partial charge in [-0.2, -0.15) is 0 Å². The minimum absolute atomic E-state index is 0.344. The molecule has 0 atom stereocenters. The number of anilines is 1. The van der Waals surface area contributed by atoms with Gasteiger partial charge in [-0.3, -0.25) is 4.98 Å². The first-order valence-corrected chi connectivity index (χ1v) is 6.72. The molecule has 0 fully saturated rings. The number of esters is 1. The minimum atomic E-state index is -0.344. The normalized spacial score (nSPS) is 9.76. The van der Waals surface area contributed by atoms with E-state index in [0.29, 0.717) is 17.2 Å². The molecular weight excluding hydrogens is 286 g/mol. The number of carbonyl (C=O) groups excluding carboxylic acids is 1. The number of rotatable bonds is 4. The maximum Gasteiger partial charge on any atom is 0.337 e. The van der Waals surface area contributed by atoms with Crippen molar-refractivity contribution in [1.29, 1.82) is 0 Å². The molecule has 21 heavy (non-hydrogen) atoms. The zero-order chi connectivity index (χ0) is 15.1. The number of hydrogen-bond acceptors (Lipinski definition) is 4. The molecule has 1 heterocycles. The molecule has 1 aromatic carbocycles. The third-order valence-electron chi connectivity index (χ3n) is 2.75. The summed E-state index contributed by atoms with van der Waals surface area (Å²) in [6.07, 6.45) is 3.39. The Bertz CT molecular complexity index is 615. The van der Waals surface area contributed by atoms with Gasteiger partial charge in [-0.1, -0.05) is 12.1 Å². The Balaban J connectivity index is 1.85. The van der Waals surface area contributed by atoms with Gasteiger partial charge in [0.1, 0.15) is 0 Å². The van der Waals surface area contributed by atoms with Gasteiger partial charge in [0.25, 0.3) is 0 Å². The second-order valence-electron chi connectivity index (χ2n) is 4.24. The SMILES string of the molecule is COC(=O)c1ccc(CNC(=S)Nc2cccnc2)cc1. The second-order valence-corrected chi connectivity index (χ2v) is 4.65. The number of benzene rings is 1. The van der Waals surface area contributed by atoms with E-state index >= 15 is 0 Å². The van der Waals surface area contributed by atoms with Gasteiger partial charge < -0.3 is 15.4 Å². The summed E-state index contributed by atoms with van der Waals surface area (Å²) >= 11 is 5.20. The van der Waals surface area contributed by atoms with E-state index in [0.717, 1.165) is 11.3 Å². The maximum absolute atomic E-state index is 11.3. The molecule has 0 spiro atoms. The summed E-state index contributed by atoms with van der Waals surface area (Å²) in [5, 5.41) is 6.64. The van der Waals surface area contributed by atoms with Gasteiger partial charge in [0.2, 0.25) is 0 Å². The van der Waals surface area contributed by atoms with Crippen LogP contribution in [-0.4, -0.2) is 23.2 Å². The van der Waals surface area contributed by atoms with Gasteiger partial charge in [0, 0.05) is 12.7 Å². The lowest BCUT2D eigenvalue weighted by Gasteiger charge is -2.10. The smallest absolute Gasteiger partial charge is 0.337 e. The number of aromatic nitrogens is 1. The molecule has 0 aliphatic carbocycles. The number of pyridine rings is 1. The van der Waals surface area contributed by atoms with Crippen molar-refractivity contribution in [1.82, 2.24) is 10.3 Å². The van der Waals surface area contributed by atoms with E-state index in [1.54, 1.807) is 24.5 Å². The number of carbonyl (C=O) groups is 1. The van der Waals surface area contributed by atoms with E-state index in [2.05, 4.69) is 20.4 Å². The summed E-state index contributed by atoms with van der Waals surface area (Å²) < 4.78 is 4.65. The zero-order valence-corrected chi connectivity index (χ0v) is 12.3. The molecule has 108 valence electrons. The minimum Gasteiger partial charge on any atom is -0.465 e. The topological polar surface area (TPSA) is 63.2 Å². The van der Waals surface area contributed by atoms with Crippen LogP contribution in [-0.2, 0) is 11.3 Å². The summed E-state index contributed by atoms with van der Waals surface area (Å²) in [5.74, 6) is -0.344. The fourth-order valence-electron chi connectivity index (χ4n) is 1.67. The van der Waals surface area contributed by atoms with E-state index in [1.807, 2.05) is 24.3 Å². The van der Waals surface area contributed by atoms with Gasteiger partial charge in [-0.15, -0.1) is 0 Å². The predicted octanol–water partition coefficient (Wildman–Crippen LogP) is 2.35. The van der Waals surface area contributed by atoms with E-state index in [9.17, 15) is 4.79 Å². The summed E-state index contributed by atoms with van der Waals surface area (Å²) in [6, 6.07) is 10.9. The van der Waals surface area contributed by atoms with Crippen LogP contribution >= 0.6 is 12.2 Å². The maximum atomic E-state index is 11.3. The summed E-state index contributed by atoms with van der Waals surface area (Å²) in [5.41, 5.74) is 2.37. The molecular formula is C15H15N3O2S. The van der Waals surface area contributed by atoms with E-state index in [-0.39, 0.29) is 5.97 Å². The average molecular weight is 301 g/mol. The van der Waals surface area contributed by atoms with Crippen LogP contribution in [0.3, 0.4) is 0 Å². The highest BCUT2D eigenvalue weighted by Gasteiger charge is 2.04. The van der Waals surface area contributed by atoms with Gasteiger partial charge in [0.05, 0.1) is 24.6 Å². The van der Waals surface area contributed by atoms with Gasteiger partial charge >= 0.3 is 5.97 Å². The lowest BCUT2D eigenvalue weighted by molar-refractivity contribution is 0.0600. The number of hydrogen-bond donors (Lipinski definition) is 2. The average Bonchev–Trinajstić information content (AvgIpc) is 2.53. The Kier molecular flexibility index (Phi) is 5.22. The third kappa shape index (κ3) is 4.54. The quantitative estimate of drug-likeness (QED) is 0.668. The van der Waals surface area contributed by atoms with E-state index < -0.39 is 0 Å². The molecule has 2 aromatic rings. The predicted molar refractivity (Wildman–Crippen MR) is 85.1 cm³/mol. The van der Waals surface area contributed by atoms with Crippen molar-refractivity contribution in [3.63, 3.8) is 0 Å². The molecule has 2 N–H and O–H groups in total. The molecule has 5 nitrogen and oxygen atoms in total. The van der Waals surface area contributed by atoms with Crippen LogP contribution in [0.1, 0.15) is 15.9 Å². The Hall–Kier alpha value is -2.47. The Morgan fingerprint density at radius 3 is 2.67 bits per heavy atom. The molecule has 0 aliphatic rings. The molecule has 1 aromatic heterocycles. The van der Waals surface area contributed by atoms with Crippen LogP contribution in [0.4, 0.5) is 5.69 Å². The van der Waals surface area contributed by atoms with Crippen molar-refractivity contribution in [3.05, 3.63) is 59.9 Å². The van der Waals surface area contributed by atoms with Crippen LogP contribution < -0.4 is 10.6 Å². The molecule has 0 bridgehead atoms. The van der Waals surface area contributed by atoms with Crippen molar-refractivity contribution in [2.75, 3.05) is 12.4 Å². The van der Waals surface area contributed by atoms with Crippen molar-refractivity contribution < 1.29 is 9.53 Å². The van der Waals surface area contributed by atoms with Crippen LogP contribution in [0.5, 0.6) is 0 Å². The molecule has 0 unspecified atom stereocenters. The molecule has 0 aliphatic heterocycles. The van der Waals surface area contributed by atoms with Gasteiger partial charge in [-0.05, 0) is 42.0 Å². The highest BCUT2D eigenvalue weighted by Crippen LogP contribution is 2.06. The molecule has 2 rings (SSSR count).